The van der Waals surface area contributed by atoms with Crippen LogP contribution < -0.4 is 15.5 Å². The van der Waals surface area contributed by atoms with E-state index in [0.29, 0.717) is 11.4 Å². The van der Waals surface area contributed by atoms with Crippen LogP contribution in [0, 0.1) is 13.8 Å². The molecule has 1 atom stereocenters. The SMILES string of the molecule is Cc1cccc(C)c1NC(=O)CN(C)S(=O)(=O)c1ccc2c(c1)NC(=O)C1CCCN21. The zero-order valence-corrected chi connectivity index (χ0v) is 18.6. The third-order valence-electron chi connectivity index (χ3n) is 5.91. The highest BCUT2D eigenvalue weighted by Crippen LogP contribution is 2.38. The van der Waals surface area contributed by atoms with Crippen molar-refractivity contribution in [2.24, 2.45) is 0 Å². The topological polar surface area (TPSA) is 98.8 Å². The van der Waals surface area contributed by atoms with E-state index in [1.165, 1.54) is 19.2 Å². The molecule has 0 radical (unpaired) electrons. The maximum absolute atomic E-state index is 13.1. The van der Waals surface area contributed by atoms with E-state index in [2.05, 4.69) is 10.6 Å². The number of hydrogen-bond acceptors (Lipinski definition) is 5. The molecule has 0 spiro atoms. The third kappa shape index (κ3) is 3.90. The van der Waals surface area contributed by atoms with E-state index in [-0.39, 0.29) is 23.4 Å². The number of para-hydroxylation sites is 1. The van der Waals surface area contributed by atoms with Crippen LogP contribution in [0.3, 0.4) is 0 Å². The molecule has 1 fully saturated rings. The van der Waals surface area contributed by atoms with Crippen molar-refractivity contribution in [2.45, 2.75) is 37.6 Å². The monoisotopic (exact) mass is 442 g/mol. The molecule has 1 unspecified atom stereocenters. The van der Waals surface area contributed by atoms with Gasteiger partial charge in [0, 0.05) is 19.3 Å². The van der Waals surface area contributed by atoms with Crippen LogP contribution >= 0.6 is 0 Å². The number of rotatable bonds is 5. The number of fused-ring (bicyclic) bond motifs is 3. The van der Waals surface area contributed by atoms with Crippen LogP contribution in [0.15, 0.2) is 41.3 Å². The van der Waals surface area contributed by atoms with Crippen molar-refractivity contribution in [1.29, 1.82) is 0 Å². The summed E-state index contributed by atoms with van der Waals surface area (Å²) in [5.74, 6) is -0.532. The number of sulfonamides is 1. The number of hydrogen-bond donors (Lipinski definition) is 2. The van der Waals surface area contributed by atoms with Crippen molar-refractivity contribution in [1.82, 2.24) is 4.31 Å². The summed E-state index contributed by atoms with van der Waals surface area (Å²) in [5.41, 5.74) is 3.82. The van der Waals surface area contributed by atoms with Gasteiger partial charge >= 0.3 is 0 Å². The van der Waals surface area contributed by atoms with Gasteiger partial charge in [0.25, 0.3) is 0 Å². The number of aryl methyl sites for hydroxylation is 2. The van der Waals surface area contributed by atoms with E-state index in [0.717, 1.165) is 40.5 Å². The number of carbonyl (C=O) groups is 2. The largest absolute Gasteiger partial charge is 0.358 e. The van der Waals surface area contributed by atoms with Crippen LogP contribution in [-0.2, 0) is 19.6 Å². The van der Waals surface area contributed by atoms with Crippen LogP contribution in [0.4, 0.5) is 17.1 Å². The van der Waals surface area contributed by atoms with Crippen molar-refractivity contribution < 1.29 is 18.0 Å². The minimum Gasteiger partial charge on any atom is -0.358 e. The van der Waals surface area contributed by atoms with E-state index in [9.17, 15) is 18.0 Å². The Hall–Kier alpha value is -2.91. The number of nitrogens with one attached hydrogen (secondary N) is 2. The van der Waals surface area contributed by atoms with Gasteiger partial charge in [-0.05, 0) is 56.0 Å². The van der Waals surface area contributed by atoms with E-state index < -0.39 is 15.9 Å². The minimum absolute atomic E-state index is 0.0339. The first kappa shape index (κ1) is 21.3. The summed E-state index contributed by atoms with van der Waals surface area (Å²) in [6.45, 7) is 4.22. The van der Waals surface area contributed by atoms with Crippen LogP contribution in [-0.4, -0.2) is 50.7 Å². The fraction of sp³-hybridized carbons (Fsp3) is 0.364. The lowest BCUT2D eigenvalue weighted by Gasteiger charge is -2.33. The van der Waals surface area contributed by atoms with Gasteiger partial charge in [0.1, 0.15) is 6.04 Å². The van der Waals surface area contributed by atoms with Gasteiger partial charge in [-0.25, -0.2) is 8.42 Å². The van der Waals surface area contributed by atoms with Gasteiger partial charge < -0.3 is 15.5 Å². The fourth-order valence-electron chi connectivity index (χ4n) is 4.23. The Morgan fingerprint density at radius 3 is 2.65 bits per heavy atom. The molecule has 0 saturated carbocycles. The molecule has 2 aliphatic heterocycles. The molecule has 0 aliphatic carbocycles. The highest BCUT2D eigenvalue weighted by molar-refractivity contribution is 7.89. The first-order valence-corrected chi connectivity index (χ1v) is 11.7. The molecule has 9 heteroatoms. The number of likely N-dealkylation sites (N-methyl/N-ethyl adjacent to an activating group) is 1. The Morgan fingerprint density at radius 1 is 1.23 bits per heavy atom. The summed E-state index contributed by atoms with van der Waals surface area (Å²) < 4.78 is 27.2. The maximum atomic E-state index is 13.1. The lowest BCUT2D eigenvalue weighted by atomic mass is 10.1. The normalized spacial score (nSPS) is 17.9. The van der Waals surface area contributed by atoms with Crippen molar-refractivity contribution in [2.75, 3.05) is 35.7 Å². The maximum Gasteiger partial charge on any atom is 0.247 e. The lowest BCUT2D eigenvalue weighted by molar-refractivity contribution is -0.117. The Kier molecular flexibility index (Phi) is 5.49. The first-order valence-electron chi connectivity index (χ1n) is 10.2. The van der Waals surface area contributed by atoms with Gasteiger partial charge in [-0.2, -0.15) is 4.31 Å². The Balaban J connectivity index is 1.52. The molecule has 2 heterocycles. The second kappa shape index (κ2) is 7.97. The summed E-state index contributed by atoms with van der Waals surface area (Å²) in [4.78, 5) is 26.9. The van der Waals surface area contributed by atoms with E-state index in [4.69, 9.17) is 0 Å². The molecule has 2 aliphatic rings. The third-order valence-corrected chi connectivity index (χ3v) is 7.71. The number of anilines is 3. The minimum atomic E-state index is -3.92. The summed E-state index contributed by atoms with van der Waals surface area (Å²) in [7, 11) is -2.55. The van der Waals surface area contributed by atoms with E-state index >= 15 is 0 Å². The quantitative estimate of drug-likeness (QED) is 0.741. The number of benzene rings is 2. The molecule has 2 aromatic rings. The predicted molar refractivity (Wildman–Crippen MR) is 120 cm³/mol. The van der Waals surface area contributed by atoms with Gasteiger partial charge in [-0.3, -0.25) is 9.59 Å². The van der Waals surface area contributed by atoms with Crippen LogP contribution in [0.2, 0.25) is 0 Å². The van der Waals surface area contributed by atoms with Crippen LogP contribution in [0.25, 0.3) is 0 Å². The molecule has 8 nitrogen and oxygen atoms in total. The van der Waals surface area contributed by atoms with Gasteiger partial charge in [0.05, 0.1) is 22.8 Å². The van der Waals surface area contributed by atoms with Crippen LogP contribution in [0.5, 0.6) is 0 Å². The van der Waals surface area contributed by atoms with Gasteiger partial charge in [0.2, 0.25) is 21.8 Å². The summed E-state index contributed by atoms with van der Waals surface area (Å²) in [6.07, 6.45) is 1.72. The second-order valence-corrected chi connectivity index (χ2v) is 10.1. The molecule has 2 aromatic carbocycles. The number of carbonyl (C=O) groups excluding carboxylic acids is 2. The van der Waals surface area contributed by atoms with Gasteiger partial charge in [-0.1, -0.05) is 18.2 Å². The van der Waals surface area contributed by atoms with Crippen molar-refractivity contribution in [3.05, 3.63) is 47.5 Å². The standard InChI is InChI=1S/C22H26N4O4S/c1-14-6-4-7-15(2)21(14)24-20(27)13-25(3)31(29,30)16-9-10-18-17(12-16)23-22(28)19-8-5-11-26(18)19/h4,6-7,9-10,12,19H,5,8,11,13H2,1-3H3,(H,23,28)(H,24,27). The molecule has 2 amide bonds. The lowest BCUT2D eigenvalue weighted by Crippen LogP contribution is -2.44. The second-order valence-electron chi connectivity index (χ2n) is 8.10. The molecular formula is C22H26N4O4S. The van der Waals surface area contributed by atoms with E-state index in [1.807, 2.05) is 36.9 Å². The molecule has 0 bridgehead atoms. The summed E-state index contributed by atoms with van der Waals surface area (Å²) in [5, 5.41) is 5.63. The molecule has 1 saturated heterocycles. The summed E-state index contributed by atoms with van der Waals surface area (Å²) >= 11 is 0. The average molecular weight is 443 g/mol. The van der Waals surface area contributed by atoms with Gasteiger partial charge in [0.15, 0.2) is 0 Å². The average Bonchev–Trinajstić information content (AvgIpc) is 3.21. The number of nitrogens with zero attached hydrogens (tertiary/aromatic N) is 2. The zero-order chi connectivity index (χ0) is 22.3. The molecule has 0 aromatic heterocycles. The van der Waals surface area contributed by atoms with Gasteiger partial charge in [-0.15, -0.1) is 0 Å². The fourth-order valence-corrected chi connectivity index (χ4v) is 5.38. The Labute approximate surface area is 182 Å². The molecule has 2 N–H and O–H groups in total. The van der Waals surface area contributed by atoms with Crippen molar-refractivity contribution in [3.8, 4) is 0 Å². The molecular weight excluding hydrogens is 416 g/mol. The molecule has 31 heavy (non-hydrogen) atoms. The number of amides is 2. The smallest absolute Gasteiger partial charge is 0.247 e. The van der Waals surface area contributed by atoms with Crippen LogP contribution in [0.1, 0.15) is 24.0 Å². The summed E-state index contributed by atoms with van der Waals surface area (Å²) in [6, 6.07) is 10.2. The van der Waals surface area contributed by atoms with Crippen molar-refractivity contribution in [3.63, 3.8) is 0 Å². The molecule has 164 valence electrons. The zero-order valence-electron chi connectivity index (χ0n) is 17.8. The Bertz CT molecular complexity index is 1140. The highest BCUT2D eigenvalue weighted by Gasteiger charge is 2.37. The van der Waals surface area contributed by atoms with E-state index in [1.54, 1.807) is 6.07 Å². The first-order chi connectivity index (χ1) is 14.7. The highest BCUT2D eigenvalue weighted by atomic mass is 32.2. The molecule has 4 rings (SSSR count). The predicted octanol–water partition coefficient (Wildman–Crippen LogP) is 2.48. The van der Waals surface area contributed by atoms with Crippen molar-refractivity contribution >= 4 is 38.9 Å². The Morgan fingerprint density at radius 2 is 1.94 bits per heavy atom.